The maximum absolute atomic E-state index is 13.0. The van der Waals surface area contributed by atoms with Gasteiger partial charge in [0.1, 0.15) is 11.5 Å². The summed E-state index contributed by atoms with van der Waals surface area (Å²) >= 11 is 0. The number of nitrogens with zero attached hydrogens (tertiary/aromatic N) is 2. The molecule has 29 heavy (non-hydrogen) atoms. The molecule has 0 unspecified atom stereocenters. The lowest BCUT2D eigenvalue weighted by Crippen LogP contribution is -2.44. The number of rotatable bonds is 8. The molecule has 2 aromatic carbocycles. The Balaban J connectivity index is 1.70. The summed E-state index contributed by atoms with van der Waals surface area (Å²) in [6.45, 7) is 5.14. The number of morpholine rings is 1. The molecule has 2 aromatic rings. The second-order valence-corrected chi connectivity index (χ2v) is 6.85. The molecular weight excluding hydrogens is 370 g/mol. The summed E-state index contributed by atoms with van der Waals surface area (Å²) in [4.78, 5) is 17.2. The van der Waals surface area contributed by atoms with Crippen molar-refractivity contribution in [3.8, 4) is 11.5 Å². The molecule has 0 bridgehead atoms. The van der Waals surface area contributed by atoms with Gasteiger partial charge in [-0.1, -0.05) is 18.2 Å². The third-order valence-corrected chi connectivity index (χ3v) is 4.97. The molecule has 7 heteroatoms. The molecule has 0 radical (unpaired) electrons. The Kier molecular flexibility index (Phi) is 7.72. The van der Waals surface area contributed by atoms with Crippen molar-refractivity contribution in [2.24, 2.45) is 0 Å². The van der Waals surface area contributed by atoms with Crippen LogP contribution in [0.4, 0.5) is 10.5 Å². The number of anilines is 1. The molecular formula is C22H29N3O4. The number of hydrogen-bond acceptors (Lipinski definition) is 5. The number of urea groups is 1. The maximum Gasteiger partial charge on any atom is 0.322 e. The molecule has 1 saturated heterocycles. The quantitative estimate of drug-likeness (QED) is 0.739. The average molecular weight is 399 g/mol. The molecule has 0 spiro atoms. The van der Waals surface area contributed by atoms with Crippen LogP contribution in [0.3, 0.4) is 0 Å². The van der Waals surface area contributed by atoms with E-state index >= 15 is 0 Å². The Bertz CT molecular complexity index is 776. The molecule has 0 aliphatic carbocycles. The lowest BCUT2D eigenvalue weighted by Gasteiger charge is -2.30. The van der Waals surface area contributed by atoms with Crippen LogP contribution in [0.5, 0.6) is 11.5 Å². The minimum Gasteiger partial charge on any atom is -0.497 e. The van der Waals surface area contributed by atoms with Gasteiger partial charge in [0.25, 0.3) is 0 Å². The van der Waals surface area contributed by atoms with Crippen molar-refractivity contribution in [1.29, 1.82) is 0 Å². The maximum atomic E-state index is 13.0. The van der Waals surface area contributed by atoms with Gasteiger partial charge in [-0.05, 0) is 30.3 Å². The van der Waals surface area contributed by atoms with Crippen LogP contribution >= 0.6 is 0 Å². The van der Waals surface area contributed by atoms with E-state index in [0.29, 0.717) is 13.1 Å². The van der Waals surface area contributed by atoms with Crippen LogP contribution in [-0.2, 0) is 11.3 Å². The lowest BCUT2D eigenvalue weighted by molar-refractivity contribution is 0.0349. The van der Waals surface area contributed by atoms with Gasteiger partial charge in [0, 0.05) is 37.4 Å². The SMILES string of the molecule is COc1ccc(NC(=O)N(CCN2CCOCC2)Cc2ccccc2OC)cc1. The first-order chi connectivity index (χ1) is 14.2. The first-order valence-electron chi connectivity index (χ1n) is 9.81. The van der Waals surface area contributed by atoms with Gasteiger partial charge in [0.2, 0.25) is 0 Å². The minimum absolute atomic E-state index is 0.144. The lowest BCUT2D eigenvalue weighted by atomic mass is 10.2. The number of nitrogens with one attached hydrogen (secondary N) is 1. The molecule has 1 fully saturated rings. The van der Waals surface area contributed by atoms with E-state index in [2.05, 4.69) is 10.2 Å². The van der Waals surface area contributed by atoms with E-state index in [4.69, 9.17) is 14.2 Å². The van der Waals surface area contributed by atoms with E-state index in [9.17, 15) is 4.79 Å². The van der Waals surface area contributed by atoms with Crippen LogP contribution in [0, 0.1) is 0 Å². The normalized spacial score (nSPS) is 14.3. The zero-order valence-corrected chi connectivity index (χ0v) is 17.1. The first kappa shape index (κ1) is 21.0. The highest BCUT2D eigenvalue weighted by atomic mass is 16.5. The fraction of sp³-hybridized carbons (Fsp3) is 0.409. The zero-order valence-electron chi connectivity index (χ0n) is 17.1. The van der Waals surface area contributed by atoms with Gasteiger partial charge in [-0.2, -0.15) is 0 Å². The molecule has 3 rings (SSSR count). The van der Waals surface area contributed by atoms with E-state index in [-0.39, 0.29) is 6.03 Å². The number of benzene rings is 2. The number of carbonyl (C=O) groups excluding carboxylic acids is 1. The Hall–Kier alpha value is -2.77. The third-order valence-electron chi connectivity index (χ3n) is 4.97. The van der Waals surface area contributed by atoms with Gasteiger partial charge < -0.3 is 24.4 Å². The largest absolute Gasteiger partial charge is 0.497 e. The molecule has 1 N–H and O–H groups in total. The average Bonchev–Trinajstić information content (AvgIpc) is 2.78. The van der Waals surface area contributed by atoms with E-state index in [1.165, 1.54) is 0 Å². The van der Waals surface area contributed by atoms with Crippen molar-refractivity contribution in [1.82, 2.24) is 9.80 Å². The van der Waals surface area contributed by atoms with Crippen molar-refractivity contribution < 1.29 is 19.0 Å². The molecule has 1 aliphatic heterocycles. The molecule has 0 atom stereocenters. The number of para-hydroxylation sites is 1. The molecule has 1 heterocycles. The van der Waals surface area contributed by atoms with E-state index in [0.717, 1.165) is 55.6 Å². The van der Waals surface area contributed by atoms with Gasteiger partial charge in [-0.25, -0.2) is 4.79 Å². The summed E-state index contributed by atoms with van der Waals surface area (Å²) in [6, 6.07) is 15.0. The second-order valence-electron chi connectivity index (χ2n) is 6.85. The Labute approximate surface area is 172 Å². The van der Waals surface area contributed by atoms with Crippen molar-refractivity contribution in [2.75, 3.05) is 58.9 Å². The van der Waals surface area contributed by atoms with Crippen molar-refractivity contribution in [3.63, 3.8) is 0 Å². The van der Waals surface area contributed by atoms with Crippen LogP contribution in [0.1, 0.15) is 5.56 Å². The van der Waals surface area contributed by atoms with E-state index < -0.39 is 0 Å². The fourth-order valence-electron chi connectivity index (χ4n) is 3.26. The Morgan fingerprint density at radius 1 is 1.07 bits per heavy atom. The highest BCUT2D eigenvalue weighted by molar-refractivity contribution is 5.89. The van der Waals surface area contributed by atoms with Gasteiger partial charge >= 0.3 is 6.03 Å². The number of hydrogen-bond donors (Lipinski definition) is 1. The smallest absolute Gasteiger partial charge is 0.322 e. The minimum atomic E-state index is -0.144. The van der Waals surface area contributed by atoms with Gasteiger partial charge in [-0.15, -0.1) is 0 Å². The monoisotopic (exact) mass is 399 g/mol. The van der Waals surface area contributed by atoms with Gasteiger partial charge in [0.15, 0.2) is 0 Å². The second kappa shape index (κ2) is 10.7. The molecule has 0 aromatic heterocycles. The molecule has 156 valence electrons. The summed E-state index contributed by atoms with van der Waals surface area (Å²) in [5.74, 6) is 1.53. The number of ether oxygens (including phenoxy) is 3. The van der Waals surface area contributed by atoms with Gasteiger partial charge in [0.05, 0.1) is 34.0 Å². The number of amides is 2. The Morgan fingerprint density at radius 3 is 2.48 bits per heavy atom. The highest BCUT2D eigenvalue weighted by Gasteiger charge is 2.19. The zero-order chi connectivity index (χ0) is 20.5. The topological polar surface area (TPSA) is 63.3 Å². The summed E-state index contributed by atoms with van der Waals surface area (Å²) < 4.78 is 16.1. The highest BCUT2D eigenvalue weighted by Crippen LogP contribution is 2.21. The van der Waals surface area contributed by atoms with Crippen LogP contribution < -0.4 is 14.8 Å². The number of carbonyl (C=O) groups is 1. The standard InChI is InChI=1S/C22H29N3O4/c1-27-20-9-7-19(8-10-20)23-22(26)25(12-11-24-13-15-29-16-14-24)17-18-5-3-4-6-21(18)28-2/h3-10H,11-17H2,1-2H3,(H,23,26). The van der Waals surface area contributed by atoms with Crippen LogP contribution in [-0.4, -0.2) is 69.4 Å². The van der Waals surface area contributed by atoms with Crippen molar-refractivity contribution in [3.05, 3.63) is 54.1 Å². The predicted molar refractivity (Wildman–Crippen MR) is 113 cm³/mol. The van der Waals surface area contributed by atoms with Crippen LogP contribution in [0.25, 0.3) is 0 Å². The summed E-state index contributed by atoms with van der Waals surface area (Å²) in [7, 11) is 3.27. The molecule has 2 amide bonds. The van der Waals surface area contributed by atoms with E-state index in [1.54, 1.807) is 14.2 Å². The third kappa shape index (κ3) is 6.10. The summed E-state index contributed by atoms with van der Waals surface area (Å²) in [5.41, 5.74) is 1.70. The summed E-state index contributed by atoms with van der Waals surface area (Å²) in [6.07, 6.45) is 0. The van der Waals surface area contributed by atoms with Crippen molar-refractivity contribution >= 4 is 11.7 Å². The summed E-state index contributed by atoms with van der Waals surface area (Å²) in [5, 5.41) is 2.99. The predicted octanol–water partition coefficient (Wildman–Crippen LogP) is 3.07. The Morgan fingerprint density at radius 2 is 1.79 bits per heavy atom. The van der Waals surface area contributed by atoms with Crippen LogP contribution in [0.15, 0.2) is 48.5 Å². The molecule has 1 aliphatic rings. The van der Waals surface area contributed by atoms with Gasteiger partial charge in [-0.3, -0.25) is 4.90 Å². The molecule has 0 saturated carbocycles. The van der Waals surface area contributed by atoms with E-state index in [1.807, 2.05) is 53.4 Å². The number of methoxy groups -OCH3 is 2. The van der Waals surface area contributed by atoms with Crippen molar-refractivity contribution in [2.45, 2.75) is 6.54 Å². The molecule has 7 nitrogen and oxygen atoms in total. The van der Waals surface area contributed by atoms with Crippen LogP contribution in [0.2, 0.25) is 0 Å². The fourth-order valence-corrected chi connectivity index (χ4v) is 3.26. The first-order valence-corrected chi connectivity index (χ1v) is 9.81.